The fraction of sp³-hybridized carbons (Fsp3) is 0.333. The minimum absolute atomic E-state index is 0.288. The van der Waals surface area contributed by atoms with Gasteiger partial charge >= 0.3 is 141 Å². The maximum atomic E-state index is 5.66. The molecule has 0 spiro atoms. The van der Waals surface area contributed by atoms with Crippen LogP contribution in [0.15, 0.2) is 48.5 Å². The summed E-state index contributed by atoms with van der Waals surface area (Å²) < 4.78 is 24.2. The summed E-state index contributed by atoms with van der Waals surface area (Å²) in [5.74, 6) is 1.82. The molecule has 120 valence electrons. The SMILES string of the molecule is c1cc([Se]c2ccc(OCC3CO3)cc2)ccc1OCC1CO1. The number of benzene rings is 2. The molecule has 0 aromatic heterocycles. The molecule has 23 heavy (non-hydrogen) atoms. The van der Waals surface area contributed by atoms with Gasteiger partial charge in [-0.2, -0.15) is 0 Å². The van der Waals surface area contributed by atoms with E-state index < -0.39 is 0 Å². The van der Waals surface area contributed by atoms with E-state index >= 15 is 0 Å². The zero-order valence-electron chi connectivity index (χ0n) is 12.6. The molecule has 0 aliphatic carbocycles. The molecule has 4 rings (SSSR count). The Morgan fingerprint density at radius 1 is 0.739 bits per heavy atom. The van der Waals surface area contributed by atoms with Gasteiger partial charge in [0.05, 0.1) is 0 Å². The van der Waals surface area contributed by atoms with E-state index in [-0.39, 0.29) is 15.0 Å². The fourth-order valence-corrected chi connectivity index (χ4v) is 3.76. The first kappa shape index (κ1) is 15.0. The van der Waals surface area contributed by atoms with Gasteiger partial charge in [-0.05, 0) is 0 Å². The third-order valence-electron chi connectivity index (χ3n) is 3.56. The standard InChI is InChI=1S/C18H18O4Se/c1-5-17(6-2-13(1)19-9-15-11-21-15)23-18-7-3-14(4-8-18)20-10-16-12-22-16/h1-8,15-16H,9-12H2. The van der Waals surface area contributed by atoms with Crippen molar-refractivity contribution >= 4 is 23.9 Å². The summed E-state index contributed by atoms with van der Waals surface area (Å²) in [6.07, 6.45) is 0.595. The summed E-state index contributed by atoms with van der Waals surface area (Å²) in [7, 11) is 0. The molecular weight excluding hydrogens is 359 g/mol. The number of rotatable bonds is 8. The van der Waals surface area contributed by atoms with Crippen LogP contribution < -0.4 is 18.4 Å². The zero-order valence-corrected chi connectivity index (χ0v) is 14.4. The van der Waals surface area contributed by atoms with Crippen molar-refractivity contribution in [2.24, 2.45) is 0 Å². The second-order valence-corrected chi connectivity index (χ2v) is 7.98. The van der Waals surface area contributed by atoms with Gasteiger partial charge < -0.3 is 0 Å². The third-order valence-corrected chi connectivity index (χ3v) is 5.69. The van der Waals surface area contributed by atoms with E-state index in [0.717, 1.165) is 24.7 Å². The summed E-state index contributed by atoms with van der Waals surface area (Å²) in [5.41, 5.74) is 0. The van der Waals surface area contributed by atoms with E-state index in [1.165, 1.54) is 8.92 Å². The normalized spacial score (nSPS) is 21.7. The van der Waals surface area contributed by atoms with E-state index in [1.54, 1.807) is 0 Å². The van der Waals surface area contributed by atoms with Crippen LogP contribution in [0.3, 0.4) is 0 Å². The zero-order chi connectivity index (χ0) is 15.5. The van der Waals surface area contributed by atoms with Crippen LogP contribution in [-0.4, -0.2) is 53.6 Å². The molecule has 2 aromatic rings. The summed E-state index contributed by atoms with van der Waals surface area (Å²) in [6.45, 7) is 2.96. The van der Waals surface area contributed by atoms with Crippen molar-refractivity contribution in [3.63, 3.8) is 0 Å². The molecular formula is C18H18O4Se. The first-order valence-corrected chi connectivity index (χ1v) is 9.43. The van der Waals surface area contributed by atoms with Crippen LogP contribution in [-0.2, 0) is 9.47 Å². The maximum absolute atomic E-state index is 5.66. The van der Waals surface area contributed by atoms with Crippen molar-refractivity contribution in [2.45, 2.75) is 12.2 Å². The van der Waals surface area contributed by atoms with E-state index in [0.29, 0.717) is 25.4 Å². The van der Waals surface area contributed by atoms with Crippen molar-refractivity contribution < 1.29 is 18.9 Å². The topological polar surface area (TPSA) is 43.5 Å². The van der Waals surface area contributed by atoms with Crippen molar-refractivity contribution in [3.8, 4) is 11.5 Å². The van der Waals surface area contributed by atoms with Crippen LogP contribution in [0.5, 0.6) is 11.5 Å². The van der Waals surface area contributed by atoms with Gasteiger partial charge in [0.2, 0.25) is 0 Å². The number of ether oxygens (including phenoxy) is 4. The van der Waals surface area contributed by atoms with Gasteiger partial charge in [-0.1, -0.05) is 0 Å². The van der Waals surface area contributed by atoms with Crippen molar-refractivity contribution in [1.82, 2.24) is 0 Å². The first-order valence-electron chi connectivity index (χ1n) is 7.72. The molecule has 2 heterocycles. The van der Waals surface area contributed by atoms with E-state index in [9.17, 15) is 0 Å². The summed E-state index contributed by atoms with van der Waals surface area (Å²) in [5, 5.41) is 0. The Hall–Kier alpha value is -1.52. The van der Waals surface area contributed by atoms with Gasteiger partial charge in [-0.25, -0.2) is 0 Å². The second kappa shape index (κ2) is 6.93. The Labute approximate surface area is 141 Å². The van der Waals surface area contributed by atoms with Crippen molar-refractivity contribution in [3.05, 3.63) is 48.5 Å². The molecule has 2 aromatic carbocycles. The molecule has 0 radical (unpaired) electrons. The van der Waals surface area contributed by atoms with Crippen molar-refractivity contribution in [2.75, 3.05) is 26.4 Å². The predicted molar refractivity (Wildman–Crippen MR) is 88.4 cm³/mol. The van der Waals surface area contributed by atoms with Crippen LogP contribution in [0.25, 0.3) is 0 Å². The quantitative estimate of drug-likeness (QED) is 0.507. The minimum atomic E-state index is 0.288. The predicted octanol–water partition coefficient (Wildman–Crippen LogP) is 0.897. The number of epoxide rings is 2. The third kappa shape index (κ3) is 4.72. The van der Waals surface area contributed by atoms with Crippen LogP contribution >= 0.6 is 0 Å². The van der Waals surface area contributed by atoms with Gasteiger partial charge in [0.15, 0.2) is 0 Å². The van der Waals surface area contributed by atoms with Crippen LogP contribution in [0, 0.1) is 0 Å². The van der Waals surface area contributed by atoms with Gasteiger partial charge in [0, 0.05) is 0 Å². The van der Waals surface area contributed by atoms with Crippen LogP contribution in [0.2, 0.25) is 0 Å². The Morgan fingerprint density at radius 3 is 1.48 bits per heavy atom. The molecule has 4 nitrogen and oxygen atoms in total. The molecule has 2 unspecified atom stereocenters. The number of hydrogen-bond acceptors (Lipinski definition) is 4. The second-order valence-electron chi connectivity index (χ2n) is 5.58. The molecule has 2 saturated heterocycles. The summed E-state index contributed by atoms with van der Waals surface area (Å²) in [4.78, 5) is 0. The molecule has 2 aliphatic heterocycles. The molecule has 2 atom stereocenters. The van der Waals surface area contributed by atoms with Gasteiger partial charge in [0.25, 0.3) is 0 Å². The molecule has 0 amide bonds. The van der Waals surface area contributed by atoms with E-state index in [2.05, 4.69) is 24.3 Å². The Balaban J connectivity index is 1.29. The Kier molecular flexibility index (Phi) is 4.53. The first-order chi connectivity index (χ1) is 11.3. The Bertz CT molecular complexity index is 576. The van der Waals surface area contributed by atoms with Crippen LogP contribution in [0.4, 0.5) is 0 Å². The summed E-state index contributed by atoms with van der Waals surface area (Å²) >= 11 is 0.288. The molecule has 0 saturated carbocycles. The molecule has 2 fully saturated rings. The molecule has 2 aliphatic rings. The molecule has 0 N–H and O–H groups in total. The Morgan fingerprint density at radius 2 is 1.13 bits per heavy atom. The number of hydrogen-bond donors (Lipinski definition) is 0. The van der Waals surface area contributed by atoms with Gasteiger partial charge in [-0.3, -0.25) is 0 Å². The average Bonchev–Trinajstić information content (AvgIpc) is 3.48. The van der Waals surface area contributed by atoms with Crippen LogP contribution in [0.1, 0.15) is 0 Å². The van der Waals surface area contributed by atoms with E-state index in [1.807, 2.05) is 24.3 Å². The fourth-order valence-electron chi connectivity index (χ4n) is 2.05. The van der Waals surface area contributed by atoms with Gasteiger partial charge in [-0.15, -0.1) is 0 Å². The summed E-state index contributed by atoms with van der Waals surface area (Å²) in [6, 6.07) is 16.7. The van der Waals surface area contributed by atoms with Gasteiger partial charge in [0.1, 0.15) is 0 Å². The van der Waals surface area contributed by atoms with E-state index in [4.69, 9.17) is 18.9 Å². The van der Waals surface area contributed by atoms with Crippen molar-refractivity contribution in [1.29, 1.82) is 0 Å². The average molecular weight is 377 g/mol. The molecule has 5 heteroatoms. The molecule has 0 bridgehead atoms. The monoisotopic (exact) mass is 378 g/mol.